The summed E-state index contributed by atoms with van der Waals surface area (Å²) < 4.78 is 29.8. The molecular formula is C11H14AsBO3. The van der Waals surface area contributed by atoms with E-state index in [4.69, 9.17) is 0 Å². The summed E-state index contributed by atoms with van der Waals surface area (Å²) in [5.74, 6) is 0. The topological polar surface area (TPSA) is 57.5 Å². The first-order valence-corrected chi connectivity index (χ1v) is 8.50. The third-order valence-corrected chi connectivity index (χ3v) is 5.40. The Morgan fingerprint density at radius 1 is 1.31 bits per heavy atom. The van der Waals surface area contributed by atoms with Crippen LogP contribution in [0.5, 0.6) is 0 Å². The second kappa shape index (κ2) is 3.46. The standard InChI is InChI=1S/C11H14AsBO3/c1-7-11(2,3)9-6-8(12(14,15)16)4-5-10(9)13-7/h4-6H,1-3H3,(H2,14,15,16). The maximum absolute atomic E-state index is 11.3. The van der Waals surface area contributed by atoms with Crippen LogP contribution >= 0.6 is 0 Å². The van der Waals surface area contributed by atoms with Crippen LogP contribution in [0, 0.1) is 0 Å². The summed E-state index contributed by atoms with van der Waals surface area (Å²) in [4.78, 5) is 0. The molecule has 0 unspecified atom stereocenters. The molecule has 0 amide bonds. The van der Waals surface area contributed by atoms with Crippen molar-refractivity contribution in [1.82, 2.24) is 0 Å². The third kappa shape index (κ3) is 1.75. The third-order valence-electron chi connectivity index (χ3n) is 3.40. The molecule has 2 rings (SSSR count). The zero-order chi connectivity index (χ0) is 12.1. The van der Waals surface area contributed by atoms with E-state index in [1.807, 2.05) is 6.92 Å². The van der Waals surface area contributed by atoms with Gasteiger partial charge in [0.1, 0.15) is 0 Å². The molecule has 0 saturated carbocycles. The van der Waals surface area contributed by atoms with Gasteiger partial charge in [-0.15, -0.1) is 0 Å². The van der Waals surface area contributed by atoms with Gasteiger partial charge in [-0.25, -0.2) is 0 Å². The maximum atomic E-state index is 11.3. The molecule has 1 heterocycles. The van der Waals surface area contributed by atoms with Crippen LogP contribution in [0.25, 0.3) is 0 Å². The Balaban J connectivity index is 2.61. The van der Waals surface area contributed by atoms with Gasteiger partial charge in [0.05, 0.1) is 0 Å². The fourth-order valence-electron chi connectivity index (χ4n) is 2.02. The fourth-order valence-corrected chi connectivity index (χ4v) is 3.21. The van der Waals surface area contributed by atoms with Gasteiger partial charge in [0.25, 0.3) is 0 Å². The summed E-state index contributed by atoms with van der Waals surface area (Å²) in [5.41, 5.74) is 3.16. The average molecular weight is 280 g/mol. The Hall–Kier alpha value is -0.567. The van der Waals surface area contributed by atoms with Gasteiger partial charge in [0.15, 0.2) is 0 Å². The molecule has 2 N–H and O–H groups in total. The van der Waals surface area contributed by atoms with Gasteiger partial charge in [-0.05, 0) is 0 Å². The van der Waals surface area contributed by atoms with Crippen LogP contribution in [0.1, 0.15) is 26.3 Å². The molecule has 1 aliphatic heterocycles. The van der Waals surface area contributed by atoms with Crippen LogP contribution < -0.4 is 9.81 Å². The molecule has 1 aliphatic rings. The van der Waals surface area contributed by atoms with Crippen molar-refractivity contribution in [3.05, 3.63) is 23.8 Å². The molecule has 84 valence electrons. The number of hydrogen-bond acceptors (Lipinski definition) is 1. The van der Waals surface area contributed by atoms with Gasteiger partial charge in [-0.2, -0.15) is 0 Å². The molecule has 3 nitrogen and oxygen atoms in total. The van der Waals surface area contributed by atoms with E-state index < -0.39 is 14.2 Å². The first kappa shape index (κ1) is 11.9. The first-order valence-electron chi connectivity index (χ1n) is 5.12. The summed E-state index contributed by atoms with van der Waals surface area (Å²) >= 11 is -4.77. The van der Waals surface area contributed by atoms with E-state index in [0.29, 0.717) is 0 Å². The Morgan fingerprint density at radius 2 is 1.94 bits per heavy atom. The molecule has 0 aliphatic carbocycles. The van der Waals surface area contributed by atoms with Crippen LogP contribution in [0.15, 0.2) is 18.2 Å². The number of rotatable bonds is 1. The molecule has 1 aromatic carbocycles. The van der Waals surface area contributed by atoms with Gasteiger partial charge in [-0.1, -0.05) is 0 Å². The quantitative estimate of drug-likeness (QED) is 0.653. The molecule has 0 atom stereocenters. The van der Waals surface area contributed by atoms with E-state index in [2.05, 4.69) is 20.8 Å². The molecule has 0 radical (unpaired) electrons. The molecular weight excluding hydrogens is 266 g/mol. The summed E-state index contributed by atoms with van der Waals surface area (Å²) in [6, 6.07) is 4.98. The predicted molar refractivity (Wildman–Crippen MR) is 66.0 cm³/mol. The van der Waals surface area contributed by atoms with E-state index in [1.54, 1.807) is 12.1 Å². The van der Waals surface area contributed by atoms with Crippen molar-refractivity contribution in [3.8, 4) is 0 Å². The van der Waals surface area contributed by atoms with Crippen LogP contribution in [-0.2, 0) is 9.15 Å². The Morgan fingerprint density at radius 3 is 2.50 bits per heavy atom. The molecule has 5 heteroatoms. The summed E-state index contributed by atoms with van der Waals surface area (Å²) in [6.45, 7) is 8.26. The van der Waals surface area contributed by atoms with E-state index in [1.165, 1.54) is 11.5 Å². The number of fused-ring (bicyclic) bond motifs is 1. The molecule has 0 saturated heterocycles. The first-order chi connectivity index (χ1) is 7.23. The number of benzene rings is 1. The van der Waals surface area contributed by atoms with E-state index >= 15 is 0 Å². The molecule has 16 heavy (non-hydrogen) atoms. The van der Waals surface area contributed by atoms with Crippen molar-refractivity contribution in [3.63, 3.8) is 0 Å². The minimum absolute atomic E-state index is 0.129. The second-order valence-electron chi connectivity index (χ2n) is 4.77. The van der Waals surface area contributed by atoms with Crippen LogP contribution in [-0.4, -0.2) is 34.7 Å². The van der Waals surface area contributed by atoms with Crippen LogP contribution in [0.3, 0.4) is 0 Å². The summed E-state index contributed by atoms with van der Waals surface area (Å²) in [5, 5.41) is 0. The van der Waals surface area contributed by atoms with Crippen molar-refractivity contribution in [2.24, 2.45) is 0 Å². The van der Waals surface area contributed by atoms with Crippen molar-refractivity contribution < 1.29 is 11.9 Å². The fraction of sp³-hybridized carbons (Fsp3) is 0.364. The number of hydrogen-bond donors (Lipinski definition) is 2. The monoisotopic (exact) mass is 280 g/mol. The Bertz CT molecular complexity index is 528. The van der Waals surface area contributed by atoms with Gasteiger partial charge < -0.3 is 0 Å². The van der Waals surface area contributed by atoms with E-state index in [9.17, 15) is 11.9 Å². The minimum atomic E-state index is -4.77. The Kier molecular flexibility index (Phi) is 2.58. The van der Waals surface area contributed by atoms with Crippen molar-refractivity contribution >= 4 is 36.4 Å². The Labute approximate surface area is 98.4 Å². The van der Waals surface area contributed by atoms with E-state index in [0.717, 1.165) is 11.0 Å². The molecule has 0 aromatic heterocycles. The van der Waals surface area contributed by atoms with E-state index in [-0.39, 0.29) is 9.77 Å². The molecule has 0 fully saturated rings. The van der Waals surface area contributed by atoms with Crippen molar-refractivity contribution in [2.45, 2.75) is 26.2 Å². The van der Waals surface area contributed by atoms with Crippen molar-refractivity contribution in [1.29, 1.82) is 0 Å². The van der Waals surface area contributed by atoms with Gasteiger partial charge in [-0.3, -0.25) is 0 Å². The second-order valence-corrected chi connectivity index (χ2v) is 8.13. The zero-order valence-corrected chi connectivity index (χ0v) is 11.4. The normalized spacial score (nSPS) is 17.7. The van der Waals surface area contributed by atoms with Gasteiger partial charge in [0, 0.05) is 0 Å². The zero-order valence-electron chi connectivity index (χ0n) is 9.56. The summed E-state index contributed by atoms with van der Waals surface area (Å²) in [6.07, 6.45) is 0. The summed E-state index contributed by atoms with van der Waals surface area (Å²) in [7, 11) is 0. The van der Waals surface area contributed by atoms with Gasteiger partial charge >= 0.3 is 98.3 Å². The molecule has 1 aromatic rings. The van der Waals surface area contributed by atoms with Crippen LogP contribution in [0.2, 0.25) is 0 Å². The SMILES string of the molecule is CC1=Bc2ccc([As](=O)(O)O)cc2C1(C)C. The van der Waals surface area contributed by atoms with Crippen LogP contribution in [0.4, 0.5) is 0 Å². The average Bonchev–Trinajstić information content (AvgIpc) is 2.37. The van der Waals surface area contributed by atoms with Crippen molar-refractivity contribution in [2.75, 3.05) is 0 Å². The van der Waals surface area contributed by atoms with Gasteiger partial charge in [0.2, 0.25) is 0 Å². The molecule has 0 spiro atoms. The molecule has 0 bridgehead atoms. The predicted octanol–water partition coefficient (Wildman–Crippen LogP) is -0.939.